The SMILES string of the molecule is CCc1ccccc1N1C(=O)/C(=C/c2cn(CC(=O)N3CCOCC3)c3ccccc23)C(=O)NC1=S. The first-order chi connectivity index (χ1) is 17.5. The number of nitrogens with zero attached hydrogens (tertiary/aromatic N) is 3. The number of morpholine rings is 1. The van der Waals surface area contributed by atoms with Gasteiger partial charge in [-0.1, -0.05) is 43.3 Å². The Hall–Kier alpha value is -3.82. The quantitative estimate of drug-likeness (QED) is 0.330. The minimum Gasteiger partial charge on any atom is -0.378 e. The lowest BCUT2D eigenvalue weighted by molar-refractivity contribution is -0.135. The molecule has 2 aromatic carbocycles. The zero-order chi connectivity index (χ0) is 25.2. The first-order valence-corrected chi connectivity index (χ1v) is 12.3. The highest BCUT2D eigenvalue weighted by atomic mass is 32.1. The van der Waals surface area contributed by atoms with E-state index in [1.54, 1.807) is 11.0 Å². The molecule has 1 aromatic heterocycles. The van der Waals surface area contributed by atoms with Crippen LogP contribution in [0.25, 0.3) is 17.0 Å². The molecule has 0 radical (unpaired) electrons. The number of carbonyl (C=O) groups excluding carboxylic acids is 3. The molecular formula is C27H26N4O4S. The van der Waals surface area contributed by atoms with Crippen molar-refractivity contribution in [3.8, 4) is 0 Å². The molecule has 0 aliphatic carbocycles. The maximum atomic E-state index is 13.6. The molecule has 3 heterocycles. The number of amides is 3. The number of hydrogen-bond donors (Lipinski definition) is 1. The second-order valence-corrected chi connectivity index (χ2v) is 9.05. The van der Waals surface area contributed by atoms with E-state index < -0.39 is 11.8 Å². The van der Waals surface area contributed by atoms with Gasteiger partial charge >= 0.3 is 0 Å². The number of ether oxygens (including phenoxy) is 1. The summed E-state index contributed by atoms with van der Waals surface area (Å²) in [6, 6.07) is 15.1. The van der Waals surface area contributed by atoms with Gasteiger partial charge < -0.3 is 14.2 Å². The van der Waals surface area contributed by atoms with Gasteiger partial charge in [0.25, 0.3) is 11.8 Å². The van der Waals surface area contributed by atoms with Crippen molar-refractivity contribution < 1.29 is 19.1 Å². The second-order valence-electron chi connectivity index (χ2n) is 8.66. The molecule has 8 nitrogen and oxygen atoms in total. The molecule has 2 aliphatic rings. The van der Waals surface area contributed by atoms with Crippen molar-refractivity contribution in [2.24, 2.45) is 0 Å². The number of thiocarbonyl (C=S) groups is 1. The fourth-order valence-electron chi connectivity index (χ4n) is 4.64. The summed E-state index contributed by atoms with van der Waals surface area (Å²) >= 11 is 5.37. The summed E-state index contributed by atoms with van der Waals surface area (Å²) in [7, 11) is 0. The molecule has 0 bridgehead atoms. The third-order valence-electron chi connectivity index (χ3n) is 6.50. The van der Waals surface area contributed by atoms with Crippen LogP contribution in [0.1, 0.15) is 18.1 Å². The van der Waals surface area contributed by atoms with Crippen LogP contribution in [-0.2, 0) is 32.1 Å². The molecule has 0 spiro atoms. The number of fused-ring (bicyclic) bond motifs is 1. The molecule has 5 rings (SSSR count). The molecule has 3 aromatic rings. The van der Waals surface area contributed by atoms with Gasteiger partial charge in [0, 0.05) is 35.8 Å². The Balaban J connectivity index is 1.52. The van der Waals surface area contributed by atoms with Crippen molar-refractivity contribution in [2.75, 3.05) is 31.2 Å². The van der Waals surface area contributed by atoms with Crippen LogP contribution in [0.15, 0.2) is 60.3 Å². The van der Waals surface area contributed by atoms with E-state index >= 15 is 0 Å². The molecule has 3 amide bonds. The summed E-state index contributed by atoms with van der Waals surface area (Å²) in [5, 5.41) is 3.56. The van der Waals surface area contributed by atoms with Crippen molar-refractivity contribution >= 4 is 57.7 Å². The fourth-order valence-corrected chi connectivity index (χ4v) is 4.91. The lowest BCUT2D eigenvalue weighted by atomic mass is 10.0. The monoisotopic (exact) mass is 502 g/mol. The topological polar surface area (TPSA) is 83.9 Å². The normalized spacial score (nSPS) is 17.7. The van der Waals surface area contributed by atoms with Gasteiger partial charge in [0.1, 0.15) is 12.1 Å². The number of carbonyl (C=O) groups is 3. The minimum atomic E-state index is -0.545. The highest BCUT2D eigenvalue weighted by Crippen LogP contribution is 2.28. The zero-order valence-electron chi connectivity index (χ0n) is 19.9. The Bertz CT molecular complexity index is 1400. The summed E-state index contributed by atoms with van der Waals surface area (Å²) in [5.74, 6) is -1.03. The van der Waals surface area contributed by atoms with Gasteiger partial charge in [-0.25, -0.2) is 0 Å². The van der Waals surface area contributed by atoms with Gasteiger partial charge in [0.2, 0.25) is 5.91 Å². The molecular weight excluding hydrogens is 476 g/mol. The lowest BCUT2D eigenvalue weighted by Gasteiger charge is -2.30. The molecule has 2 fully saturated rings. The first kappa shape index (κ1) is 23.9. The van der Waals surface area contributed by atoms with E-state index in [-0.39, 0.29) is 23.1 Å². The summed E-state index contributed by atoms with van der Waals surface area (Å²) in [5.41, 5.74) is 3.10. The summed E-state index contributed by atoms with van der Waals surface area (Å²) in [4.78, 5) is 42.5. The Kier molecular flexibility index (Phi) is 6.67. The summed E-state index contributed by atoms with van der Waals surface area (Å²) < 4.78 is 7.21. The van der Waals surface area contributed by atoms with Gasteiger partial charge in [0.15, 0.2) is 5.11 Å². The maximum Gasteiger partial charge on any atom is 0.270 e. The number of aromatic nitrogens is 1. The Morgan fingerprint density at radius 2 is 1.81 bits per heavy atom. The molecule has 1 N–H and O–H groups in total. The molecule has 0 atom stereocenters. The first-order valence-electron chi connectivity index (χ1n) is 11.9. The van der Waals surface area contributed by atoms with Gasteiger partial charge in [-0.2, -0.15) is 0 Å². The van der Waals surface area contributed by atoms with Crippen LogP contribution in [0.3, 0.4) is 0 Å². The average molecular weight is 503 g/mol. The predicted molar refractivity (Wildman–Crippen MR) is 141 cm³/mol. The van der Waals surface area contributed by atoms with Crippen LogP contribution in [0, 0.1) is 0 Å². The molecule has 2 saturated heterocycles. The van der Waals surface area contributed by atoms with Gasteiger partial charge in [0.05, 0.1) is 18.9 Å². The van der Waals surface area contributed by atoms with Crippen LogP contribution in [0.4, 0.5) is 5.69 Å². The molecule has 2 aliphatic heterocycles. The number of aryl methyl sites for hydroxylation is 1. The number of para-hydroxylation sites is 2. The van der Waals surface area contributed by atoms with Crippen molar-refractivity contribution in [1.29, 1.82) is 0 Å². The Morgan fingerprint density at radius 1 is 1.08 bits per heavy atom. The van der Waals surface area contributed by atoms with Gasteiger partial charge in [-0.15, -0.1) is 0 Å². The Morgan fingerprint density at radius 3 is 2.58 bits per heavy atom. The summed E-state index contributed by atoms with van der Waals surface area (Å²) in [6.45, 7) is 4.36. The predicted octanol–water partition coefficient (Wildman–Crippen LogP) is 2.89. The fraction of sp³-hybridized carbons (Fsp3) is 0.259. The highest BCUT2D eigenvalue weighted by molar-refractivity contribution is 7.80. The number of nitrogens with one attached hydrogen (secondary N) is 1. The van der Waals surface area contributed by atoms with E-state index in [1.807, 2.05) is 66.2 Å². The standard InChI is InChI=1S/C27H26N4O4S/c1-2-18-7-3-5-9-22(18)31-26(34)21(25(33)28-27(31)36)15-19-16-30(23-10-6-4-8-20(19)23)17-24(32)29-11-13-35-14-12-29/h3-10,15-16H,2,11-14,17H2,1H3,(H,28,33,36)/b21-15+. The zero-order valence-corrected chi connectivity index (χ0v) is 20.7. The number of benzene rings is 2. The van der Waals surface area contributed by atoms with Crippen LogP contribution in [-0.4, -0.2) is 58.6 Å². The lowest BCUT2D eigenvalue weighted by Crippen LogP contribution is -2.54. The van der Waals surface area contributed by atoms with E-state index in [0.717, 1.165) is 16.5 Å². The van der Waals surface area contributed by atoms with Gasteiger partial charge in [-0.05, 0) is 42.4 Å². The smallest absolute Gasteiger partial charge is 0.270 e. The van der Waals surface area contributed by atoms with E-state index in [4.69, 9.17) is 17.0 Å². The maximum absolute atomic E-state index is 13.6. The number of anilines is 1. The van der Waals surface area contributed by atoms with E-state index in [2.05, 4.69) is 5.32 Å². The van der Waals surface area contributed by atoms with E-state index in [1.165, 1.54) is 4.90 Å². The molecule has 36 heavy (non-hydrogen) atoms. The summed E-state index contributed by atoms with van der Waals surface area (Å²) in [6.07, 6.45) is 4.10. The van der Waals surface area contributed by atoms with Gasteiger partial charge in [-0.3, -0.25) is 24.6 Å². The molecule has 9 heteroatoms. The van der Waals surface area contributed by atoms with E-state index in [0.29, 0.717) is 44.0 Å². The molecule has 0 unspecified atom stereocenters. The van der Waals surface area contributed by atoms with Crippen molar-refractivity contribution in [3.05, 3.63) is 71.4 Å². The Labute approximate surface area is 214 Å². The van der Waals surface area contributed by atoms with Crippen molar-refractivity contribution in [2.45, 2.75) is 19.9 Å². The van der Waals surface area contributed by atoms with E-state index in [9.17, 15) is 14.4 Å². The van der Waals surface area contributed by atoms with Crippen LogP contribution >= 0.6 is 12.2 Å². The van der Waals surface area contributed by atoms with Crippen LogP contribution < -0.4 is 10.2 Å². The van der Waals surface area contributed by atoms with Crippen molar-refractivity contribution in [1.82, 2.24) is 14.8 Å². The number of rotatable bonds is 5. The largest absolute Gasteiger partial charge is 0.378 e. The van der Waals surface area contributed by atoms with Crippen LogP contribution in [0.2, 0.25) is 0 Å². The molecule has 0 saturated carbocycles. The third kappa shape index (κ3) is 4.43. The average Bonchev–Trinajstić information content (AvgIpc) is 3.24. The molecule has 184 valence electrons. The third-order valence-corrected chi connectivity index (χ3v) is 6.79. The highest BCUT2D eigenvalue weighted by Gasteiger charge is 2.35. The minimum absolute atomic E-state index is 0.00237. The van der Waals surface area contributed by atoms with Crippen molar-refractivity contribution in [3.63, 3.8) is 0 Å². The second kappa shape index (κ2) is 10.0. The van der Waals surface area contributed by atoms with Crippen LogP contribution in [0.5, 0.6) is 0 Å². The number of hydrogen-bond acceptors (Lipinski definition) is 5.